The number of ether oxygens (including phenoxy) is 1. The second-order valence-corrected chi connectivity index (χ2v) is 6.13. The summed E-state index contributed by atoms with van der Waals surface area (Å²) in [5.41, 5.74) is 2.25. The van der Waals surface area contributed by atoms with Crippen LogP contribution in [0.15, 0.2) is 48.5 Å². The molecule has 0 fully saturated rings. The largest absolute Gasteiger partial charge is 0.481 e. The van der Waals surface area contributed by atoms with Crippen molar-refractivity contribution in [2.24, 2.45) is 0 Å². The number of amides is 1. The summed E-state index contributed by atoms with van der Waals surface area (Å²) >= 11 is 5.89. The first-order valence-electron chi connectivity index (χ1n) is 8.00. The molecule has 120 valence electrons. The van der Waals surface area contributed by atoms with E-state index < -0.39 is 6.10 Å². The van der Waals surface area contributed by atoms with Gasteiger partial charge in [0.15, 0.2) is 6.10 Å². The van der Waals surface area contributed by atoms with E-state index in [2.05, 4.69) is 6.07 Å². The molecule has 0 aliphatic carbocycles. The molecule has 0 saturated carbocycles. The van der Waals surface area contributed by atoms with Gasteiger partial charge in [0, 0.05) is 17.3 Å². The zero-order valence-electron chi connectivity index (χ0n) is 13.2. The first-order valence-corrected chi connectivity index (χ1v) is 8.38. The van der Waals surface area contributed by atoms with Gasteiger partial charge in [0.05, 0.1) is 0 Å². The summed E-state index contributed by atoms with van der Waals surface area (Å²) in [6.07, 6.45) is 2.15. The minimum Gasteiger partial charge on any atom is -0.481 e. The Kier molecular flexibility index (Phi) is 4.87. The van der Waals surface area contributed by atoms with Crippen LogP contribution < -0.4 is 9.64 Å². The van der Waals surface area contributed by atoms with Crippen molar-refractivity contribution in [3.8, 4) is 5.75 Å². The fourth-order valence-corrected chi connectivity index (χ4v) is 3.05. The average Bonchev–Trinajstić information content (AvgIpc) is 2.60. The molecule has 3 nitrogen and oxygen atoms in total. The van der Waals surface area contributed by atoms with Crippen LogP contribution in [0.2, 0.25) is 5.02 Å². The van der Waals surface area contributed by atoms with Crippen LogP contribution in [0.4, 0.5) is 5.69 Å². The fraction of sp³-hybridized carbons (Fsp3) is 0.316. The summed E-state index contributed by atoms with van der Waals surface area (Å²) in [4.78, 5) is 14.8. The van der Waals surface area contributed by atoms with Gasteiger partial charge in [0.1, 0.15) is 5.75 Å². The number of carbonyl (C=O) groups excluding carboxylic acids is 1. The van der Waals surface area contributed by atoms with Gasteiger partial charge in [0.25, 0.3) is 5.91 Å². The molecule has 0 aromatic heterocycles. The average molecular weight is 330 g/mol. The number of benzene rings is 2. The lowest BCUT2D eigenvalue weighted by Crippen LogP contribution is -2.44. The van der Waals surface area contributed by atoms with Crippen LogP contribution in [0.25, 0.3) is 0 Å². The van der Waals surface area contributed by atoms with Crippen LogP contribution in [0, 0.1) is 0 Å². The Morgan fingerprint density at radius 1 is 1.22 bits per heavy atom. The highest BCUT2D eigenvalue weighted by molar-refractivity contribution is 6.30. The van der Waals surface area contributed by atoms with E-state index in [4.69, 9.17) is 16.3 Å². The molecule has 0 unspecified atom stereocenters. The highest BCUT2D eigenvalue weighted by Gasteiger charge is 2.28. The molecule has 23 heavy (non-hydrogen) atoms. The monoisotopic (exact) mass is 329 g/mol. The molecule has 2 aromatic rings. The van der Waals surface area contributed by atoms with Crippen LogP contribution in [0.1, 0.15) is 25.3 Å². The van der Waals surface area contributed by atoms with Gasteiger partial charge in [-0.15, -0.1) is 0 Å². The number of fused-ring (bicyclic) bond motifs is 1. The molecule has 4 heteroatoms. The number of anilines is 1. The smallest absolute Gasteiger partial charge is 0.268 e. The minimum atomic E-state index is -0.484. The molecule has 1 amide bonds. The van der Waals surface area contributed by atoms with Gasteiger partial charge < -0.3 is 9.64 Å². The van der Waals surface area contributed by atoms with E-state index in [1.54, 1.807) is 24.3 Å². The van der Waals surface area contributed by atoms with E-state index in [1.807, 2.05) is 30.0 Å². The molecule has 1 atom stereocenters. The van der Waals surface area contributed by atoms with Gasteiger partial charge in [-0.2, -0.15) is 0 Å². The van der Waals surface area contributed by atoms with E-state index >= 15 is 0 Å². The number of rotatable bonds is 4. The highest BCUT2D eigenvalue weighted by atomic mass is 35.5. The predicted molar refractivity (Wildman–Crippen MR) is 93.3 cm³/mol. The van der Waals surface area contributed by atoms with Gasteiger partial charge in [0.2, 0.25) is 0 Å². The van der Waals surface area contributed by atoms with Gasteiger partial charge >= 0.3 is 0 Å². The van der Waals surface area contributed by atoms with Crippen molar-refractivity contribution in [1.82, 2.24) is 0 Å². The lowest BCUT2D eigenvalue weighted by atomic mass is 10.0. The summed E-state index contributed by atoms with van der Waals surface area (Å²) < 4.78 is 5.90. The number of carbonyl (C=O) groups is 1. The Hall–Kier alpha value is -2.00. The number of aryl methyl sites for hydroxylation is 1. The summed E-state index contributed by atoms with van der Waals surface area (Å²) in [6, 6.07) is 15.2. The zero-order chi connectivity index (χ0) is 16.2. The van der Waals surface area contributed by atoms with Crippen molar-refractivity contribution < 1.29 is 9.53 Å². The maximum Gasteiger partial charge on any atom is 0.268 e. The first-order chi connectivity index (χ1) is 11.2. The summed E-state index contributed by atoms with van der Waals surface area (Å²) in [6.45, 7) is 2.71. The van der Waals surface area contributed by atoms with E-state index in [-0.39, 0.29) is 5.91 Å². The third-order valence-corrected chi connectivity index (χ3v) is 4.37. The summed E-state index contributed by atoms with van der Waals surface area (Å²) in [7, 11) is 0. The van der Waals surface area contributed by atoms with Crippen molar-refractivity contribution in [2.75, 3.05) is 11.4 Å². The van der Waals surface area contributed by atoms with E-state index in [9.17, 15) is 4.79 Å². The van der Waals surface area contributed by atoms with Gasteiger partial charge in [-0.25, -0.2) is 0 Å². The second kappa shape index (κ2) is 7.05. The zero-order valence-corrected chi connectivity index (χ0v) is 13.9. The van der Waals surface area contributed by atoms with E-state index in [0.717, 1.165) is 25.1 Å². The SMILES string of the molecule is CC[C@H](Oc1ccc(Cl)cc1)C(=O)N1CCCc2ccccc21. The number of nitrogens with zero attached hydrogens (tertiary/aromatic N) is 1. The van der Waals surface area contributed by atoms with Crippen LogP contribution in [0.3, 0.4) is 0 Å². The number of para-hydroxylation sites is 1. The summed E-state index contributed by atoms with van der Waals surface area (Å²) in [5.74, 6) is 0.689. The highest BCUT2D eigenvalue weighted by Crippen LogP contribution is 2.28. The van der Waals surface area contributed by atoms with E-state index in [0.29, 0.717) is 17.2 Å². The molecule has 0 bridgehead atoms. The normalized spacial score (nSPS) is 15.0. The molecule has 0 N–H and O–H groups in total. The topological polar surface area (TPSA) is 29.5 Å². The third-order valence-electron chi connectivity index (χ3n) is 4.11. The lowest BCUT2D eigenvalue weighted by molar-refractivity contribution is -0.125. The predicted octanol–water partition coefficient (Wildman–Crippen LogP) is 4.48. The Balaban J connectivity index is 1.79. The number of hydrogen-bond acceptors (Lipinski definition) is 2. The van der Waals surface area contributed by atoms with Crippen molar-refractivity contribution in [3.63, 3.8) is 0 Å². The maximum atomic E-state index is 12.9. The van der Waals surface area contributed by atoms with E-state index in [1.165, 1.54) is 5.56 Å². The first kappa shape index (κ1) is 15.9. The van der Waals surface area contributed by atoms with Crippen molar-refractivity contribution in [2.45, 2.75) is 32.3 Å². The van der Waals surface area contributed by atoms with Gasteiger partial charge in [-0.3, -0.25) is 4.79 Å². The fourth-order valence-electron chi connectivity index (χ4n) is 2.92. The van der Waals surface area contributed by atoms with Crippen LogP contribution in [-0.2, 0) is 11.2 Å². The molecule has 0 spiro atoms. The third kappa shape index (κ3) is 3.50. The molecule has 3 rings (SSSR count). The van der Waals surface area contributed by atoms with Crippen LogP contribution in [0.5, 0.6) is 5.75 Å². The number of halogens is 1. The van der Waals surface area contributed by atoms with Crippen molar-refractivity contribution >= 4 is 23.2 Å². The van der Waals surface area contributed by atoms with Crippen LogP contribution >= 0.6 is 11.6 Å². The molecule has 0 radical (unpaired) electrons. The van der Waals surface area contributed by atoms with Crippen molar-refractivity contribution in [3.05, 3.63) is 59.1 Å². The standard InChI is InChI=1S/C19H20ClNO2/c1-2-18(23-16-11-9-15(20)10-12-16)19(22)21-13-5-7-14-6-3-4-8-17(14)21/h3-4,6,8-12,18H,2,5,7,13H2,1H3/t18-/m0/s1. The Morgan fingerprint density at radius 3 is 2.70 bits per heavy atom. The molecular weight excluding hydrogens is 310 g/mol. The molecule has 2 aromatic carbocycles. The second-order valence-electron chi connectivity index (χ2n) is 5.69. The van der Waals surface area contributed by atoms with Crippen LogP contribution in [-0.4, -0.2) is 18.6 Å². The summed E-state index contributed by atoms with van der Waals surface area (Å²) in [5, 5.41) is 0.654. The molecule has 0 saturated heterocycles. The maximum absolute atomic E-state index is 12.9. The Morgan fingerprint density at radius 2 is 1.96 bits per heavy atom. The minimum absolute atomic E-state index is 0.0228. The molecule has 1 aliphatic rings. The van der Waals surface area contributed by atoms with Crippen molar-refractivity contribution in [1.29, 1.82) is 0 Å². The lowest BCUT2D eigenvalue weighted by Gasteiger charge is -2.32. The quantitative estimate of drug-likeness (QED) is 0.827. The molecular formula is C19H20ClNO2. The molecule has 1 aliphatic heterocycles. The number of hydrogen-bond donors (Lipinski definition) is 0. The van der Waals surface area contributed by atoms with Gasteiger partial charge in [-0.1, -0.05) is 36.7 Å². The molecule has 1 heterocycles. The van der Waals surface area contributed by atoms with Gasteiger partial charge in [-0.05, 0) is 55.2 Å². The Bertz CT molecular complexity index is 684. The Labute approximate surface area is 141 Å².